The number of aryl methyl sites for hydroxylation is 1. The SMILES string of the molecule is CCc1ccc([C@@H](C)NC(=O)[C@@H](CC)Oc2ccccc2Cl)cc1. The minimum atomic E-state index is -0.567. The Labute approximate surface area is 149 Å². The van der Waals surface area contributed by atoms with Gasteiger partial charge in [-0.15, -0.1) is 0 Å². The predicted molar refractivity (Wildman–Crippen MR) is 98.5 cm³/mol. The summed E-state index contributed by atoms with van der Waals surface area (Å²) in [5, 5.41) is 3.52. The van der Waals surface area contributed by atoms with Gasteiger partial charge in [-0.25, -0.2) is 0 Å². The maximum atomic E-state index is 12.5. The lowest BCUT2D eigenvalue weighted by molar-refractivity contribution is -0.128. The summed E-state index contributed by atoms with van der Waals surface area (Å²) < 4.78 is 5.79. The second-order valence-electron chi connectivity index (χ2n) is 5.77. The Bertz CT molecular complexity index is 670. The van der Waals surface area contributed by atoms with Crippen molar-refractivity contribution in [3.63, 3.8) is 0 Å². The van der Waals surface area contributed by atoms with E-state index in [1.807, 2.05) is 26.0 Å². The molecule has 0 radical (unpaired) electrons. The van der Waals surface area contributed by atoms with E-state index in [2.05, 4.69) is 36.5 Å². The molecule has 0 aliphatic carbocycles. The van der Waals surface area contributed by atoms with Crippen molar-refractivity contribution in [3.05, 3.63) is 64.7 Å². The molecular formula is C20H24ClNO2. The monoisotopic (exact) mass is 345 g/mol. The first-order chi connectivity index (χ1) is 11.5. The maximum absolute atomic E-state index is 12.5. The molecule has 0 bridgehead atoms. The van der Waals surface area contributed by atoms with Gasteiger partial charge in [0.05, 0.1) is 11.1 Å². The fraction of sp³-hybridized carbons (Fsp3) is 0.350. The molecular weight excluding hydrogens is 322 g/mol. The Hall–Kier alpha value is -2.00. The molecule has 0 spiro atoms. The smallest absolute Gasteiger partial charge is 0.261 e. The van der Waals surface area contributed by atoms with Gasteiger partial charge in [-0.2, -0.15) is 0 Å². The van der Waals surface area contributed by atoms with Crippen molar-refractivity contribution >= 4 is 17.5 Å². The third-order valence-corrected chi connectivity index (χ3v) is 4.33. The Balaban J connectivity index is 2.01. The molecule has 0 aliphatic heterocycles. The zero-order valence-electron chi connectivity index (χ0n) is 14.4. The summed E-state index contributed by atoms with van der Waals surface area (Å²) in [4.78, 5) is 12.5. The van der Waals surface area contributed by atoms with Crippen LogP contribution in [0.3, 0.4) is 0 Å². The number of hydrogen-bond acceptors (Lipinski definition) is 2. The van der Waals surface area contributed by atoms with Gasteiger partial charge in [-0.05, 0) is 43.0 Å². The first-order valence-corrected chi connectivity index (χ1v) is 8.73. The molecule has 0 unspecified atom stereocenters. The van der Waals surface area contributed by atoms with Gasteiger partial charge in [-0.3, -0.25) is 4.79 Å². The topological polar surface area (TPSA) is 38.3 Å². The number of para-hydroxylation sites is 1. The molecule has 2 atom stereocenters. The summed E-state index contributed by atoms with van der Waals surface area (Å²) >= 11 is 6.10. The molecule has 2 aromatic carbocycles. The first-order valence-electron chi connectivity index (χ1n) is 8.35. The second kappa shape index (κ2) is 8.74. The van der Waals surface area contributed by atoms with Crippen LogP contribution in [-0.2, 0) is 11.2 Å². The molecule has 0 saturated heterocycles. The van der Waals surface area contributed by atoms with E-state index in [0.717, 1.165) is 12.0 Å². The second-order valence-corrected chi connectivity index (χ2v) is 6.18. The van der Waals surface area contributed by atoms with Gasteiger partial charge in [0.2, 0.25) is 0 Å². The van der Waals surface area contributed by atoms with Crippen molar-refractivity contribution in [3.8, 4) is 5.75 Å². The van der Waals surface area contributed by atoms with Gasteiger partial charge in [0.15, 0.2) is 6.10 Å². The lowest BCUT2D eigenvalue weighted by Crippen LogP contribution is -2.39. The van der Waals surface area contributed by atoms with Gasteiger partial charge in [0, 0.05) is 0 Å². The predicted octanol–water partition coefficient (Wildman–Crippen LogP) is 4.94. The minimum absolute atomic E-state index is 0.0766. The maximum Gasteiger partial charge on any atom is 0.261 e. The zero-order chi connectivity index (χ0) is 17.5. The molecule has 24 heavy (non-hydrogen) atoms. The summed E-state index contributed by atoms with van der Waals surface area (Å²) in [6.07, 6.45) is 1.01. The van der Waals surface area contributed by atoms with Gasteiger partial charge >= 0.3 is 0 Å². The molecule has 0 aliphatic rings. The average molecular weight is 346 g/mol. The summed E-state index contributed by atoms with van der Waals surface area (Å²) in [5.41, 5.74) is 2.36. The Morgan fingerprint density at radius 3 is 2.38 bits per heavy atom. The lowest BCUT2D eigenvalue weighted by atomic mass is 10.0. The molecule has 3 nitrogen and oxygen atoms in total. The van der Waals surface area contributed by atoms with Gasteiger partial charge < -0.3 is 10.1 Å². The van der Waals surface area contributed by atoms with Crippen LogP contribution in [0.5, 0.6) is 5.75 Å². The van der Waals surface area contributed by atoms with E-state index in [1.54, 1.807) is 12.1 Å². The molecule has 2 rings (SSSR count). The van der Waals surface area contributed by atoms with Crippen LogP contribution in [0.25, 0.3) is 0 Å². The van der Waals surface area contributed by atoms with E-state index in [9.17, 15) is 4.79 Å². The number of nitrogens with one attached hydrogen (secondary N) is 1. The van der Waals surface area contributed by atoms with Crippen molar-refractivity contribution in [2.75, 3.05) is 0 Å². The average Bonchev–Trinajstić information content (AvgIpc) is 2.61. The van der Waals surface area contributed by atoms with Crippen molar-refractivity contribution in [1.82, 2.24) is 5.32 Å². The van der Waals surface area contributed by atoms with Gasteiger partial charge in [0.1, 0.15) is 5.75 Å². The Kier molecular flexibility index (Phi) is 6.68. The number of carbonyl (C=O) groups is 1. The van der Waals surface area contributed by atoms with E-state index in [1.165, 1.54) is 5.56 Å². The highest BCUT2D eigenvalue weighted by Crippen LogP contribution is 2.25. The van der Waals surface area contributed by atoms with E-state index in [0.29, 0.717) is 17.2 Å². The molecule has 0 aromatic heterocycles. The fourth-order valence-corrected chi connectivity index (χ4v) is 2.63. The molecule has 0 saturated carbocycles. The number of amides is 1. The quantitative estimate of drug-likeness (QED) is 0.772. The van der Waals surface area contributed by atoms with Crippen LogP contribution in [0.1, 0.15) is 44.4 Å². The van der Waals surface area contributed by atoms with E-state index >= 15 is 0 Å². The van der Waals surface area contributed by atoms with Crippen molar-refractivity contribution in [2.45, 2.75) is 45.8 Å². The summed E-state index contributed by atoms with van der Waals surface area (Å²) in [6, 6.07) is 15.4. The van der Waals surface area contributed by atoms with E-state index in [4.69, 9.17) is 16.3 Å². The van der Waals surface area contributed by atoms with Crippen molar-refractivity contribution in [1.29, 1.82) is 0 Å². The van der Waals surface area contributed by atoms with Crippen molar-refractivity contribution < 1.29 is 9.53 Å². The van der Waals surface area contributed by atoms with Crippen LogP contribution in [0.15, 0.2) is 48.5 Å². The molecule has 0 heterocycles. The molecule has 0 fully saturated rings. The van der Waals surface area contributed by atoms with Crippen LogP contribution in [0, 0.1) is 0 Å². The van der Waals surface area contributed by atoms with Crippen LogP contribution in [0.4, 0.5) is 0 Å². The van der Waals surface area contributed by atoms with Gasteiger partial charge in [-0.1, -0.05) is 61.8 Å². The molecule has 1 N–H and O–H groups in total. The fourth-order valence-electron chi connectivity index (χ4n) is 2.45. The number of hydrogen-bond donors (Lipinski definition) is 1. The number of benzene rings is 2. The van der Waals surface area contributed by atoms with Crippen LogP contribution in [0.2, 0.25) is 5.02 Å². The van der Waals surface area contributed by atoms with Gasteiger partial charge in [0.25, 0.3) is 5.91 Å². The number of halogens is 1. The normalized spacial score (nSPS) is 13.2. The largest absolute Gasteiger partial charge is 0.479 e. The number of ether oxygens (including phenoxy) is 1. The summed E-state index contributed by atoms with van der Waals surface area (Å²) in [5.74, 6) is 0.394. The number of carbonyl (C=O) groups excluding carboxylic acids is 1. The highest BCUT2D eigenvalue weighted by Gasteiger charge is 2.21. The number of rotatable bonds is 7. The highest BCUT2D eigenvalue weighted by molar-refractivity contribution is 6.32. The molecule has 128 valence electrons. The summed E-state index contributed by atoms with van der Waals surface area (Å²) in [7, 11) is 0. The molecule has 2 aromatic rings. The summed E-state index contributed by atoms with van der Waals surface area (Å²) in [6.45, 7) is 6.01. The Morgan fingerprint density at radius 2 is 1.79 bits per heavy atom. The van der Waals surface area contributed by atoms with Crippen LogP contribution in [-0.4, -0.2) is 12.0 Å². The van der Waals surface area contributed by atoms with Crippen LogP contribution < -0.4 is 10.1 Å². The standard InChI is InChI=1S/C20H24ClNO2/c1-4-15-10-12-16(13-11-15)14(3)22-20(23)18(5-2)24-19-9-7-6-8-17(19)21/h6-14,18H,4-5H2,1-3H3,(H,22,23)/t14-,18-/m1/s1. The van der Waals surface area contributed by atoms with Crippen LogP contribution >= 0.6 is 11.6 Å². The van der Waals surface area contributed by atoms with E-state index < -0.39 is 6.10 Å². The first kappa shape index (κ1) is 18.3. The Morgan fingerprint density at radius 1 is 1.12 bits per heavy atom. The molecule has 4 heteroatoms. The molecule has 1 amide bonds. The minimum Gasteiger partial charge on any atom is -0.479 e. The van der Waals surface area contributed by atoms with E-state index in [-0.39, 0.29) is 11.9 Å². The van der Waals surface area contributed by atoms with Crippen molar-refractivity contribution in [2.24, 2.45) is 0 Å². The zero-order valence-corrected chi connectivity index (χ0v) is 15.1. The lowest BCUT2D eigenvalue weighted by Gasteiger charge is -2.21. The highest BCUT2D eigenvalue weighted by atomic mass is 35.5. The third kappa shape index (κ3) is 4.75. The third-order valence-electron chi connectivity index (χ3n) is 4.02.